The number of fused-ring (bicyclic) bond motifs is 1. The number of carbonyl (C=O) groups excluding carboxylic acids is 1. The fraction of sp³-hybridized carbons (Fsp3) is 0.222. The number of amides is 1. The van der Waals surface area contributed by atoms with Crippen molar-refractivity contribution in [2.24, 2.45) is 0 Å². The van der Waals surface area contributed by atoms with Crippen LogP contribution in [0, 0.1) is 0 Å². The Balaban J connectivity index is 1.22. The number of hydrogen-bond acceptors (Lipinski definition) is 9. The third-order valence-corrected chi connectivity index (χ3v) is 6.92. The maximum Gasteiger partial charge on any atom is 0.411 e. The van der Waals surface area contributed by atoms with Crippen LogP contribution in [0.5, 0.6) is 0 Å². The second-order valence-corrected chi connectivity index (χ2v) is 9.69. The van der Waals surface area contributed by atoms with Gasteiger partial charge in [-0.15, -0.1) is 5.10 Å². The minimum Gasteiger partial charge on any atom is -0.447 e. The van der Waals surface area contributed by atoms with Crippen LogP contribution in [-0.2, 0) is 15.9 Å². The van der Waals surface area contributed by atoms with Gasteiger partial charge in [0.2, 0.25) is 0 Å². The second-order valence-electron chi connectivity index (χ2n) is 9.25. The third kappa shape index (κ3) is 5.44. The Morgan fingerprint density at radius 3 is 2.80 bits per heavy atom. The van der Waals surface area contributed by atoms with Gasteiger partial charge in [-0.3, -0.25) is 14.7 Å². The van der Waals surface area contributed by atoms with Crippen LogP contribution in [0.1, 0.15) is 24.1 Å². The smallest absolute Gasteiger partial charge is 0.411 e. The molecule has 14 heteroatoms. The molecule has 2 aromatic carbocycles. The van der Waals surface area contributed by atoms with E-state index in [4.69, 9.17) is 26.1 Å². The van der Waals surface area contributed by atoms with Crippen molar-refractivity contribution in [3.8, 4) is 28.2 Å². The molecule has 13 nitrogen and oxygen atoms in total. The number of hydrogen-bond donors (Lipinski definition) is 2. The Bertz CT molecular complexity index is 1750. The van der Waals surface area contributed by atoms with E-state index in [-0.39, 0.29) is 18.2 Å². The van der Waals surface area contributed by atoms with Gasteiger partial charge in [-0.1, -0.05) is 23.7 Å². The molecule has 4 heterocycles. The number of imidazole rings is 1. The summed E-state index contributed by atoms with van der Waals surface area (Å²) < 4.78 is 13.1. The van der Waals surface area contributed by atoms with E-state index < -0.39 is 6.09 Å². The zero-order valence-electron chi connectivity index (χ0n) is 21.8. The van der Waals surface area contributed by atoms with Crippen LogP contribution < -0.4 is 10.9 Å². The lowest BCUT2D eigenvalue weighted by molar-refractivity contribution is 0.107. The number of aromatic amines is 1. The summed E-state index contributed by atoms with van der Waals surface area (Å²) in [7, 11) is 1.54. The van der Waals surface area contributed by atoms with E-state index in [0.29, 0.717) is 58.8 Å². The lowest BCUT2D eigenvalue weighted by atomic mass is 10.1. The third-order valence-electron chi connectivity index (χ3n) is 6.68. The van der Waals surface area contributed by atoms with Gasteiger partial charge >= 0.3 is 6.09 Å². The van der Waals surface area contributed by atoms with Crippen LogP contribution in [0.4, 0.5) is 10.5 Å². The second kappa shape index (κ2) is 11.3. The summed E-state index contributed by atoms with van der Waals surface area (Å²) in [5.74, 6) is 1.32. The summed E-state index contributed by atoms with van der Waals surface area (Å²) in [6.07, 6.45) is 3.92. The molecule has 1 atom stereocenters. The van der Waals surface area contributed by atoms with Gasteiger partial charge in [-0.2, -0.15) is 4.68 Å². The minimum absolute atomic E-state index is 0.171. The highest BCUT2D eigenvalue weighted by Crippen LogP contribution is 2.32. The largest absolute Gasteiger partial charge is 0.447 e. The lowest BCUT2D eigenvalue weighted by Gasteiger charge is -2.14. The molecule has 41 heavy (non-hydrogen) atoms. The molecular weight excluding hydrogens is 550 g/mol. The zero-order chi connectivity index (χ0) is 28.3. The quantitative estimate of drug-likeness (QED) is 0.264. The molecule has 2 N–H and O–H groups in total. The molecule has 0 fully saturated rings. The van der Waals surface area contributed by atoms with Gasteiger partial charge in [0.1, 0.15) is 24.6 Å². The van der Waals surface area contributed by atoms with Crippen molar-refractivity contribution >= 4 is 23.4 Å². The summed E-state index contributed by atoms with van der Waals surface area (Å²) in [6.45, 7) is 0.498. The number of nitrogens with zero attached hydrogens (tertiary/aromatic N) is 7. The number of carbonyl (C=O) groups is 1. The average molecular weight is 574 g/mol. The monoisotopic (exact) mass is 573 g/mol. The standard InChI is InChI=1S/C27H24ClN9O4/c1-40-10-11-41-27(39)31-18-5-2-16(3-6-18)21-14-29-26(33-21)23-8-9-24-32-20(13-25(38)37(23)24)19-12-17(28)4-7-22(19)36-15-30-34-35-36/h2-7,12-15,23H,8-11H2,1H3,(H,29,33)(H,31,39)/t23-/m0/s1. The maximum absolute atomic E-state index is 13.4. The number of anilines is 1. The van der Waals surface area contributed by atoms with Crippen LogP contribution in [0.2, 0.25) is 5.02 Å². The molecule has 0 bridgehead atoms. The number of ether oxygens (including phenoxy) is 2. The molecule has 0 unspecified atom stereocenters. The number of benzene rings is 2. The number of rotatable bonds is 8. The topological polar surface area (TPSA) is 155 Å². The van der Waals surface area contributed by atoms with Gasteiger partial charge in [0.25, 0.3) is 5.56 Å². The molecule has 0 radical (unpaired) electrons. The van der Waals surface area contributed by atoms with Gasteiger partial charge in [-0.25, -0.2) is 14.8 Å². The van der Waals surface area contributed by atoms with Crippen molar-refractivity contribution in [3.63, 3.8) is 0 Å². The Morgan fingerprint density at radius 2 is 2.02 bits per heavy atom. The Hall–Kier alpha value is -4.88. The molecule has 3 aromatic heterocycles. The number of methoxy groups -OCH3 is 1. The maximum atomic E-state index is 13.4. The van der Waals surface area contributed by atoms with Crippen molar-refractivity contribution in [2.45, 2.75) is 18.9 Å². The lowest BCUT2D eigenvalue weighted by Crippen LogP contribution is -2.25. The van der Waals surface area contributed by atoms with Gasteiger partial charge < -0.3 is 14.5 Å². The number of aromatic nitrogens is 8. The summed E-state index contributed by atoms with van der Waals surface area (Å²) >= 11 is 6.28. The molecule has 0 saturated heterocycles. The van der Waals surface area contributed by atoms with Crippen LogP contribution in [-0.4, -0.2) is 66.1 Å². The molecule has 1 amide bonds. The Kier molecular flexibility index (Phi) is 7.27. The highest BCUT2D eigenvalue weighted by Gasteiger charge is 2.29. The molecule has 0 aliphatic carbocycles. The number of nitrogens with one attached hydrogen (secondary N) is 2. The van der Waals surface area contributed by atoms with E-state index in [0.717, 1.165) is 11.3 Å². The predicted molar refractivity (Wildman–Crippen MR) is 149 cm³/mol. The Morgan fingerprint density at radius 1 is 1.17 bits per heavy atom. The number of halogens is 1. The van der Waals surface area contributed by atoms with E-state index in [1.54, 1.807) is 41.1 Å². The first-order chi connectivity index (χ1) is 20.0. The van der Waals surface area contributed by atoms with E-state index in [1.165, 1.54) is 24.2 Å². The average Bonchev–Trinajstić information content (AvgIpc) is 3.75. The summed E-state index contributed by atoms with van der Waals surface area (Å²) in [5.41, 5.74) is 3.85. The Labute approximate surface area is 238 Å². The normalized spacial score (nSPS) is 14.1. The molecule has 5 aromatic rings. The number of aryl methyl sites for hydroxylation is 1. The molecule has 0 saturated carbocycles. The van der Waals surface area contributed by atoms with Crippen molar-refractivity contribution in [2.75, 3.05) is 25.6 Å². The number of tetrazole rings is 1. The first kappa shape index (κ1) is 26.3. The highest BCUT2D eigenvalue weighted by atomic mass is 35.5. The van der Waals surface area contributed by atoms with Crippen molar-refractivity contribution in [1.29, 1.82) is 0 Å². The summed E-state index contributed by atoms with van der Waals surface area (Å²) in [6, 6.07) is 13.7. The highest BCUT2D eigenvalue weighted by molar-refractivity contribution is 6.31. The van der Waals surface area contributed by atoms with Crippen LogP contribution in [0.25, 0.3) is 28.2 Å². The van der Waals surface area contributed by atoms with Gasteiger partial charge in [0.05, 0.1) is 35.9 Å². The zero-order valence-corrected chi connectivity index (χ0v) is 22.6. The molecular formula is C27H24ClN9O4. The summed E-state index contributed by atoms with van der Waals surface area (Å²) in [4.78, 5) is 38.0. The van der Waals surface area contributed by atoms with Gasteiger partial charge in [-0.05, 0) is 52.7 Å². The van der Waals surface area contributed by atoms with Crippen LogP contribution >= 0.6 is 11.6 Å². The fourth-order valence-corrected chi connectivity index (χ4v) is 4.96. The summed E-state index contributed by atoms with van der Waals surface area (Å²) in [5, 5.41) is 14.6. The van der Waals surface area contributed by atoms with Gasteiger partial charge in [0, 0.05) is 35.9 Å². The molecule has 208 valence electrons. The number of H-pyrrole nitrogens is 1. The first-order valence-corrected chi connectivity index (χ1v) is 13.1. The van der Waals surface area contributed by atoms with Crippen molar-refractivity contribution in [3.05, 3.63) is 88.1 Å². The first-order valence-electron chi connectivity index (χ1n) is 12.7. The van der Waals surface area contributed by atoms with E-state index >= 15 is 0 Å². The van der Waals surface area contributed by atoms with E-state index in [2.05, 4.69) is 30.8 Å². The van der Waals surface area contributed by atoms with E-state index in [9.17, 15) is 9.59 Å². The molecule has 0 spiro atoms. The van der Waals surface area contributed by atoms with Crippen molar-refractivity contribution in [1.82, 2.24) is 39.7 Å². The minimum atomic E-state index is -0.553. The molecule has 6 rings (SSSR count). The van der Waals surface area contributed by atoms with Gasteiger partial charge in [0.15, 0.2) is 0 Å². The van der Waals surface area contributed by atoms with E-state index in [1.807, 2.05) is 12.1 Å². The van der Waals surface area contributed by atoms with Crippen LogP contribution in [0.3, 0.4) is 0 Å². The fourth-order valence-electron chi connectivity index (χ4n) is 4.78. The SMILES string of the molecule is COCCOC(=O)Nc1ccc(-c2cnc([C@@H]3CCc4nc(-c5cc(Cl)ccc5-n5cnnn5)cc(=O)n43)[nH]2)cc1. The molecule has 1 aliphatic heterocycles. The van der Waals surface area contributed by atoms with Crippen LogP contribution in [0.15, 0.2) is 65.8 Å². The molecule has 1 aliphatic rings. The predicted octanol–water partition coefficient (Wildman–Crippen LogP) is 3.66. The van der Waals surface area contributed by atoms with Crippen molar-refractivity contribution < 1.29 is 14.3 Å².